The summed E-state index contributed by atoms with van der Waals surface area (Å²) in [4.78, 5) is 15.6. The third-order valence-electron chi connectivity index (χ3n) is 11.2. The van der Waals surface area contributed by atoms with Crippen LogP contribution in [0.15, 0.2) is 192 Å². The molecule has 0 unspecified atom stereocenters. The lowest BCUT2D eigenvalue weighted by Gasteiger charge is -2.11. The number of hydrogen-bond acceptors (Lipinski definition) is 4. The molecular weight excluding hydrogens is 699 g/mol. The van der Waals surface area contributed by atoms with Gasteiger partial charge in [-0.3, -0.25) is 4.57 Å². The van der Waals surface area contributed by atoms with Gasteiger partial charge in [0.15, 0.2) is 17.2 Å². The monoisotopic (exact) mass is 729 g/mol. The van der Waals surface area contributed by atoms with E-state index in [1.807, 2.05) is 30.3 Å². The molecule has 0 radical (unpaired) electrons. The first kappa shape index (κ1) is 31.5. The maximum absolute atomic E-state index is 7.15. The first-order chi connectivity index (χ1) is 28.3. The maximum atomic E-state index is 7.15. The number of rotatable bonds is 5. The van der Waals surface area contributed by atoms with Crippen LogP contribution in [0.2, 0.25) is 0 Å². The Morgan fingerprint density at radius 3 is 1.60 bits per heavy atom. The van der Waals surface area contributed by atoms with Crippen molar-refractivity contribution in [3.05, 3.63) is 188 Å². The van der Waals surface area contributed by atoms with Crippen molar-refractivity contribution in [3.63, 3.8) is 0 Å². The van der Waals surface area contributed by atoms with Gasteiger partial charge in [-0.25, -0.2) is 4.98 Å². The molecule has 0 fully saturated rings. The molecule has 0 spiro atoms. The highest BCUT2D eigenvalue weighted by molar-refractivity contribution is 6.22. The fourth-order valence-electron chi connectivity index (χ4n) is 8.64. The second-order valence-electron chi connectivity index (χ2n) is 14.4. The lowest BCUT2D eigenvalue weighted by molar-refractivity contribution is 0.671. The van der Waals surface area contributed by atoms with Crippen molar-refractivity contribution in [2.75, 3.05) is 0 Å². The van der Waals surface area contributed by atoms with E-state index in [0.29, 0.717) is 17.6 Å². The molecule has 6 heteroatoms. The largest absolute Gasteiger partial charge is 0.453 e. The number of nitrogens with zero attached hydrogens (tertiary/aromatic N) is 5. The Balaban J connectivity index is 1.13. The average molecular weight is 730 g/mol. The van der Waals surface area contributed by atoms with Crippen LogP contribution in [-0.4, -0.2) is 24.1 Å². The zero-order valence-electron chi connectivity index (χ0n) is 30.5. The predicted octanol–water partition coefficient (Wildman–Crippen LogP) is 13.0. The van der Waals surface area contributed by atoms with Gasteiger partial charge in [0.2, 0.25) is 5.95 Å². The van der Waals surface area contributed by atoms with Gasteiger partial charge in [0.25, 0.3) is 0 Å². The van der Waals surface area contributed by atoms with E-state index < -0.39 is 0 Å². The lowest BCUT2D eigenvalue weighted by atomic mass is 10.0. The van der Waals surface area contributed by atoms with Crippen molar-refractivity contribution in [2.45, 2.75) is 0 Å². The molecule has 12 aromatic rings. The molecule has 0 aliphatic heterocycles. The average Bonchev–Trinajstić information content (AvgIpc) is 3.95. The van der Waals surface area contributed by atoms with E-state index in [1.165, 1.54) is 10.9 Å². The molecule has 0 aliphatic carbocycles. The molecule has 0 aliphatic rings. The molecule has 266 valence electrons. The van der Waals surface area contributed by atoms with Crippen molar-refractivity contribution < 1.29 is 4.42 Å². The van der Waals surface area contributed by atoms with Crippen molar-refractivity contribution in [3.8, 4) is 45.5 Å². The first-order valence-corrected chi connectivity index (χ1v) is 19.1. The molecule has 0 amide bonds. The van der Waals surface area contributed by atoms with E-state index in [4.69, 9.17) is 19.4 Å². The van der Waals surface area contributed by atoms with Gasteiger partial charge in [0.1, 0.15) is 5.58 Å². The van der Waals surface area contributed by atoms with Gasteiger partial charge in [-0.2, -0.15) is 9.97 Å². The van der Waals surface area contributed by atoms with Crippen LogP contribution in [0.3, 0.4) is 0 Å². The molecule has 4 heterocycles. The third kappa shape index (κ3) is 4.81. The molecule has 6 nitrogen and oxygen atoms in total. The third-order valence-corrected chi connectivity index (χ3v) is 11.2. The van der Waals surface area contributed by atoms with Gasteiger partial charge >= 0.3 is 0 Å². The summed E-state index contributed by atoms with van der Waals surface area (Å²) in [5.74, 6) is 1.68. The number of furan rings is 1. The van der Waals surface area contributed by atoms with E-state index in [9.17, 15) is 0 Å². The zero-order valence-corrected chi connectivity index (χ0v) is 30.5. The minimum atomic E-state index is 0.540. The van der Waals surface area contributed by atoms with Crippen molar-refractivity contribution in [2.24, 2.45) is 0 Å². The SMILES string of the molecule is c1ccc(-c2cccc(-n3c4ccccc4c4ccc5c6cccc(-c7nc(-c8ccccc8)nc(-n8c9ccccc9c9ccccc98)n7)c6oc5c43)c2)cc1. The molecule has 0 saturated heterocycles. The highest BCUT2D eigenvalue weighted by Gasteiger charge is 2.23. The first-order valence-electron chi connectivity index (χ1n) is 19.1. The van der Waals surface area contributed by atoms with Crippen LogP contribution >= 0.6 is 0 Å². The lowest BCUT2D eigenvalue weighted by Crippen LogP contribution is -2.06. The molecule has 0 atom stereocenters. The summed E-state index contributed by atoms with van der Waals surface area (Å²) in [5.41, 5.74) is 10.8. The number of aromatic nitrogens is 5. The standard InChI is InChI=1S/C51H31N5O/c1-3-15-32(16-4-1)34-19-13-20-35(31-34)55-43-26-10-9-23-38(43)39-29-30-41-40-24-14-25-42(47(40)57-48(41)46(39)55)50-52-49(33-17-5-2-6-18-33)53-51(54-50)56-44-27-11-7-21-36(44)37-22-8-12-28-45(37)56/h1-31H. The van der Waals surface area contributed by atoms with Crippen LogP contribution in [-0.2, 0) is 0 Å². The fraction of sp³-hybridized carbons (Fsp3) is 0. The molecule has 57 heavy (non-hydrogen) atoms. The predicted molar refractivity (Wildman–Crippen MR) is 232 cm³/mol. The number of fused-ring (bicyclic) bond motifs is 10. The molecule has 12 rings (SSSR count). The van der Waals surface area contributed by atoms with Crippen LogP contribution < -0.4 is 0 Å². The van der Waals surface area contributed by atoms with Gasteiger partial charge in [-0.1, -0.05) is 146 Å². The van der Waals surface area contributed by atoms with Crippen LogP contribution in [0.1, 0.15) is 0 Å². The summed E-state index contributed by atoms with van der Waals surface area (Å²) in [6.45, 7) is 0. The summed E-state index contributed by atoms with van der Waals surface area (Å²) in [5, 5.41) is 6.61. The van der Waals surface area contributed by atoms with Crippen molar-refractivity contribution in [1.29, 1.82) is 0 Å². The van der Waals surface area contributed by atoms with Crippen LogP contribution in [0.25, 0.3) is 111 Å². The zero-order chi connectivity index (χ0) is 37.5. The number of para-hydroxylation sites is 4. The topological polar surface area (TPSA) is 61.7 Å². The Morgan fingerprint density at radius 2 is 0.877 bits per heavy atom. The normalized spacial score (nSPS) is 11.9. The summed E-state index contributed by atoms with van der Waals surface area (Å²) >= 11 is 0. The van der Waals surface area contributed by atoms with Gasteiger partial charge in [-0.05, 0) is 53.6 Å². The second kappa shape index (κ2) is 12.3. The highest BCUT2D eigenvalue weighted by Crippen LogP contribution is 2.43. The smallest absolute Gasteiger partial charge is 0.238 e. The van der Waals surface area contributed by atoms with Crippen molar-refractivity contribution in [1.82, 2.24) is 24.1 Å². The molecule has 0 bridgehead atoms. The maximum Gasteiger partial charge on any atom is 0.238 e. The molecule has 4 aromatic heterocycles. The van der Waals surface area contributed by atoms with Gasteiger partial charge < -0.3 is 8.98 Å². The Bertz CT molecular complexity index is 3470. The minimum absolute atomic E-state index is 0.540. The molecule has 8 aromatic carbocycles. The van der Waals surface area contributed by atoms with Crippen LogP contribution in [0.5, 0.6) is 0 Å². The summed E-state index contributed by atoms with van der Waals surface area (Å²) in [6.07, 6.45) is 0. The minimum Gasteiger partial charge on any atom is -0.453 e. The van der Waals surface area contributed by atoms with Gasteiger partial charge in [0.05, 0.1) is 27.6 Å². The molecule has 0 N–H and O–H groups in total. The van der Waals surface area contributed by atoms with E-state index in [1.54, 1.807) is 0 Å². The van der Waals surface area contributed by atoms with E-state index in [2.05, 4.69) is 167 Å². The van der Waals surface area contributed by atoms with Gasteiger partial charge in [-0.15, -0.1) is 0 Å². The Morgan fingerprint density at radius 1 is 0.351 bits per heavy atom. The Labute approximate surface area is 326 Å². The quantitative estimate of drug-likeness (QED) is 0.177. The van der Waals surface area contributed by atoms with E-state index in [0.717, 1.165) is 82.5 Å². The van der Waals surface area contributed by atoms with Gasteiger partial charge in [0, 0.05) is 43.6 Å². The number of hydrogen-bond donors (Lipinski definition) is 0. The number of benzene rings is 8. The van der Waals surface area contributed by atoms with E-state index in [-0.39, 0.29) is 0 Å². The Hall–Kier alpha value is -7.83. The summed E-state index contributed by atoms with van der Waals surface area (Å²) in [7, 11) is 0. The summed E-state index contributed by atoms with van der Waals surface area (Å²) < 4.78 is 11.6. The Kier molecular flexibility index (Phi) is 6.83. The van der Waals surface area contributed by atoms with Crippen LogP contribution in [0, 0.1) is 0 Å². The highest BCUT2D eigenvalue weighted by atomic mass is 16.3. The van der Waals surface area contributed by atoms with Crippen molar-refractivity contribution >= 4 is 65.6 Å². The molecule has 0 saturated carbocycles. The second-order valence-corrected chi connectivity index (χ2v) is 14.4. The molecular formula is C51H31N5O. The fourth-order valence-corrected chi connectivity index (χ4v) is 8.64. The van der Waals surface area contributed by atoms with E-state index >= 15 is 0 Å². The summed E-state index contributed by atoms with van der Waals surface area (Å²) in [6, 6.07) is 65.5. The van der Waals surface area contributed by atoms with Crippen LogP contribution in [0.4, 0.5) is 0 Å².